The van der Waals surface area contributed by atoms with Crippen molar-refractivity contribution in [2.75, 3.05) is 6.54 Å². The maximum atomic E-state index is 12.7. The molecule has 1 heterocycles. The summed E-state index contributed by atoms with van der Waals surface area (Å²) < 4.78 is 23.5. The van der Waals surface area contributed by atoms with Gasteiger partial charge in [-0.3, -0.25) is 4.79 Å². The molecule has 1 amide bonds. The molecule has 1 aromatic carbocycles. The van der Waals surface area contributed by atoms with E-state index < -0.39 is 10.0 Å². The molecule has 0 bridgehead atoms. The van der Waals surface area contributed by atoms with Gasteiger partial charge in [-0.15, -0.1) is 0 Å². The van der Waals surface area contributed by atoms with Crippen LogP contribution in [0.3, 0.4) is 0 Å². The number of sulfonamides is 1. The number of nitrogens with zero attached hydrogens (tertiary/aromatic N) is 1. The summed E-state index contributed by atoms with van der Waals surface area (Å²) in [5.74, 6) is -0.143. The van der Waals surface area contributed by atoms with Crippen LogP contribution in [0.15, 0.2) is 27.6 Å². The lowest BCUT2D eigenvalue weighted by Crippen LogP contribution is -2.38. The van der Waals surface area contributed by atoms with Gasteiger partial charge in [-0.25, -0.2) is 13.6 Å². The van der Waals surface area contributed by atoms with Crippen molar-refractivity contribution >= 4 is 31.9 Å². The Kier molecular flexibility index (Phi) is 5.06. The molecule has 1 aliphatic heterocycles. The molecule has 0 saturated carbocycles. The predicted molar refractivity (Wildman–Crippen MR) is 84.5 cm³/mol. The number of carbonyl (C=O) groups excluding carboxylic acids is 1. The summed E-state index contributed by atoms with van der Waals surface area (Å²) in [5.41, 5.74) is 0.349. The van der Waals surface area contributed by atoms with Gasteiger partial charge < -0.3 is 4.90 Å². The highest BCUT2D eigenvalue weighted by molar-refractivity contribution is 9.10. The third-order valence-corrected chi connectivity index (χ3v) is 5.11. The predicted octanol–water partition coefficient (Wildman–Crippen LogP) is 2.50. The van der Waals surface area contributed by atoms with Crippen molar-refractivity contribution in [2.45, 2.75) is 43.5 Å². The Morgan fingerprint density at radius 2 is 2.00 bits per heavy atom. The van der Waals surface area contributed by atoms with Crippen LogP contribution in [0.25, 0.3) is 0 Å². The highest BCUT2D eigenvalue weighted by Gasteiger charge is 2.24. The van der Waals surface area contributed by atoms with Gasteiger partial charge in [-0.05, 0) is 38.0 Å². The zero-order chi connectivity index (χ0) is 15.6. The van der Waals surface area contributed by atoms with Gasteiger partial charge in [-0.2, -0.15) is 0 Å². The molecule has 2 rings (SSSR count). The quantitative estimate of drug-likeness (QED) is 0.863. The highest BCUT2D eigenvalue weighted by atomic mass is 79.9. The van der Waals surface area contributed by atoms with E-state index in [9.17, 15) is 13.2 Å². The molecule has 1 aromatic rings. The summed E-state index contributed by atoms with van der Waals surface area (Å²) in [6, 6.07) is 4.55. The minimum Gasteiger partial charge on any atom is -0.336 e. The first-order valence-electron chi connectivity index (χ1n) is 6.93. The molecule has 1 aliphatic rings. The molecule has 0 spiro atoms. The monoisotopic (exact) mass is 374 g/mol. The largest absolute Gasteiger partial charge is 0.336 e. The molecule has 2 N–H and O–H groups in total. The van der Waals surface area contributed by atoms with Gasteiger partial charge >= 0.3 is 0 Å². The van der Waals surface area contributed by atoms with Crippen molar-refractivity contribution in [1.29, 1.82) is 0 Å². The number of likely N-dealkylation sites (tertiary alicyclic amines) is 1. The molecule has 116 valence electrons. The Bertz CT molecular complexity index is 646. The summed E-state index contributed by atoms with van der Waals surface area (Å²) in [6.07, 6.45) is 4.19. The Balaban J connectivity index is 2.36. The topological polar surface area (TPSA) is 80.5 Å². The summed E-state index contributed by atoms with van der Waals surface area (Å²) in [5, 5.41) is 5.15. The number of rotatable bonds is 2. The van der Waals surface area contributed by atoms with E-state index in [0.717, 1.165) is 25.7 Å². The number of primary sulfonamides is 1. The minimum absolute atomic E-state index is 0.0531. The maximum absolute atomic E-state index is 12.7. The van der Waals surface area contributed by atoms with Crippen molar-refractivity contribution in [3.8, 4) is 0 Å². The zero-order valence-electron chi connectivity index (χ0n) is 11.9. The molecule has 1 unspecified atom stereocenters. The Hall–Kier alpha value is -0.920. The van der Waals surface area contributed by atoms with Gasteiger partial charge in [0.05, 0.1) is 4.90 Å². The number of amides is 1. The maximum Gasteiger partial charge on any atom is 0.254 e. The van der Waals surface area contributed by atoms with Gasteiger partial charge in [0.2, 0.25) is 10.0 Å². The first-order valence-corrected chi connectivity index (χ1v) is 9.27. The number of carbonyl (C=O) groups is 1. The lowest BCUT2D eigenvalue weighted by Gasteiger charge is -2.27. The third kappa shape index (κ3) is 4.05. The van der Waals surface area contributed by atoms with Crippen LogP contribution >= 0.6 is 15.9 Å². The van der Waals surface area contributed by atoms with Gasteiger partial charge in [0, 0.05) is 22.6 Å². The van der Waals surface area contributed by atoms with E-state index in [1.165, 1.54) is 12.1 Å². The molecule has 1 saturated heterocycles. The van der Waals surface area contributed by atoms with E-state index in [1.54, 1.807) is 6.07 Å². The SMILES string of the molecule is CC1CCCCCN1C(=O)c1cc(Br)cc(S(N)(=O)=O)c1. The molecule has 1 fully saturated rings. The van der Waals surface area contributed by atoms with Crippen LogP contribution in [0.2, 0.25) is 0 Å². The van der Waals surface area contributed by atoms with Crippen LogP contribution in [-0.2, 0) is 10.0 Å². The van der Waals surface area contributed by atoms with E-state index >= 15 is 0 Å². The molecule has 0 aliphatic carbocycles. The van der Waals surface area contributed by atoms with Gasteiger partial charge in [-0.1, -0.05) is 28.8 Å². The van der Waals surface area contributed by atoms with Crippen molar-refractivity contribution < 1.29 is 13.2 Å². The van der Waals surface area contributed by atoms with Crippen molar-refractivity contribution in [3.05, 3.63) is 28.2 Å². The van der Waals surface area contributed by atoms with Crippen LogP contribution in [0.5, 0.6) is 0 Å². The number of nitrogens with two attached hydrogens (primary N) is 1. The van der Waals surface area contributed by atoms with Crippen LogP contribution < -0.4 is 5.14 Å². The van der Waals surface area contributed by atoms with Crippen molar-refractivity contribution in [2.24, 2.45) is 5.14 Å². The standard InChI is InChI=1S/C14H19BrN2O3S/c1-10-5-3-2-4-6-17(10)14(18)11-7-12(15)9-13(8-11)21(16,19)20/h7-10H,2-6H2,1H3,(H2,16,19,20). The fraction of sp³-hybridized carbons (Fsp3) is 0.500. The van der Waals surface area contributed by atoms with Crippen molar-refractivity contribution in [3.63, 3.8) is 0 Å². The number of hydrogen-bond acceptors (Lipinski definition) is 3. The Morgan fingerprint density at radius 3 is 2.67 bits per heavy atom. The van der Waals surface area contributed by atoms with Crippen LogP contribution in [0.1, 0.15) is 43.0 Å². The van der Waals surface area contributed by atoms with Crippen molar-refractivity contribution in [1.82, 2.24) is 4.90 Å². The summed E-state index contributed by atoms with van der Waals surface area (Å²) >= 11 is 3.24. The first kappa shape index (κ1) is 16.5. The van der Waals surface area contributed by atoms with E-state index in [2.05, 4.69) is 15.9 Å². The molecular weight excluding hydrogens is 356 g/mol. The second-order valence-electron chi connectivity index (χ2n) is 5.42. The molecule has 0 radical (unpaired) electrons. The summed E-state index contributed by atoms with van der Waals surface area (Å²) in [4.78, 5) is 14.4. The van der Waals surface area contributed by atoms with E-state index in [0.29, 0.717) is 16.6 Å². The van der Waals surface area contributed by atoms with Gasteiger partial charge in [0.1, 0.15) is 0 Å². The average molecular weight is 375 g/mol. The molecule has 1 atom stereocenters. The third-order valence-electron chi connectivity index (χ3n) is 3.76. The fourth-order valence-corrected chi connectivity index (χ4v) is 3.82. The Morgan fingerprint density at radius 1 is 1.29 bits per heavy atom. The van der Waals surface area contributed by atoms with E-state index in [-0.39, 0.29) is 16.8 Å². The average Bonchev–Trinajstić information content (AvgIpc) is 2.61. The van der Waals surface area contributed by atoms with Crippen LogP contribution in [0.4, 0.5) is 0 Å². The molecular formula is C14H19BrN2O3S. The zero-order valence-corrected chi connectivity index (χ0v) is 14.3. The highest BCUT2D eigenvalue weighted by Crippen LogP contribution is 2.23. The second-order valence-corrected chi connectivity index (χ2v) is 7.89. The van der Waals surface area contributed by atoms with Gasteiger partial charge in [0.25, 0.3) is 5.91 Å². The summed E-state index contributed by atoms with van der Waals surface area (Å²) in [7, 11) is -3.83. The van der Waals surface area contributed by atoms with E-state index in [4.69, 9.17) is 5.14 Å². The number of hydrogen-bond donors (Lipinski definition) is 1. The lowest BCUT2D eigenvalue weighted by molar-refractivity contribution is 0.0697. The number of halogens is 1. The Labute approximate surface area is 133 Å². The van der Waals surface area contributed by atoms with Crippen LogP contribution in [-0.4, -0.2) is 31.8 Å². The molecule has 21 heavy (non-hydrogen) atoms. The fourth-order valence-electron chi connectivity index (χ4n) is 2.59. The molecule has 7 heteroatoms. The molecule has 0 aromatic heterocycles. The second kappa shape index (κ2) is 6.46. The first-order chi connectivity index (χ1) is 9.79. The minimum atomic E-state index is -3.83. The lowest BCUT2D eigenvalue weighted by atomic mass is 10.1. The van der Waals surface area contributed by atoms with E-state index in [1.807, 2.05) is 11.8 Å². The summed E-state index contributed by atoms with van der Waals surface area (Å²) in [6.45, 7) is 2.74. The van der Waals surface area contributed by atoms with Crippen LogP contribution in [0, 0.1) is 0 Å². The number of benzene rings is 1. The normalized spacial score (nSPS) is 20.1. The smallest absolute Gasteiger partial charge is 0.254 e. The molecule has 5 nitrogen and oxygen atoms in total. The van der Waals surface area contributed by atoms with Gasteiger partial charge in [0.15, 0.2) is 0 Å².